The Balaban J connectivity index is 1.96. The van der Waals surface area contributed by atoms with Gasteiger partial charge in [0.1, 0.15) is 0 Å². The molecule has 21 heavy (non-hydrogen) atoms. The summed E-state index contributed by atoms with van der Waals surface area (Å²) in [6.45, 7) is 4.78. The molecule has 0 amide bonds. The summed E-state index contributed by atoms with van der Waals surface area (Å²) in [5.74, 6) is 0.861. The van der Waals surface area contributed by atoms with Crippen LogP contribution in [0.2, 0.25) is 0 Å². The van der Waals surface area contributed by atoms with Crippen LogP contribution in [-0.4, -0.2) is 57.3 Å². The molecular formula is C12H18N6O2S. The molecule has 1 saturated heterocycles. The van der Waals surface area contributed by atoms with Gasteiger partial charge in [-0.3, -0.25) is 0 Å². The quantitative estimate of drug-likeness (QED) is 0.805. The topological polar surface area (TPSA) is 93.3 Å². The number of rotatable bonds is 3. The largest absolute Gasteiger partial charge is 0.353 e. The Morgan fingerprint density at radius 3 is 2.76 bits per heavy atom. The van der Waals surface area contributed by atoms with Crippen LogP contribution in [0.1, 0.15) is 26.7 Å². The van der Waals surface area contributed by atoms with Gasteiger partial charge in [-0.1, -0.05) is 13.8 Å². The number of hydrogen-bond donors (Lipinski definition) is 0. The Labute approximate surface area is 123 Å². The minimum absolute atomic E-state index is 0.157. The Kier molecular flexibility index (Phi) is 3.31. The van der Waals surface area contributed by atoms with E-state index >= 15 is 0 Å². The second-order valence-electron chi connectivity index (χ2n) is 5.35. The van der Waals surface area contributed by atoms with Crippen LogP contribution in [0, 0.1) is 0 Å². The van der Waals surface area contributed by atoms with Crippen molar-refractivity contribution >= 4 is 21.3 Å². The Bertz CT molecular complexity index is 752. The number of anilines is 1. The van der Waals surface area contributed by atoms with Crippen molar-refractivity contribution in [3.63, 3.8) is 0 Å². The van der Waals surface area contributed by atoms with Gasteiger partial charge in [-0.15, -0.1) is 14.8 Å². The van der Waals surface area contributed by atoms with Crippen LogP contribution < -0.4 is 4.90 Å². The molecule has 0 spiro atoms. The van der Waals surface area contributed by atoms with Gasteiger partial charge in [0, 0.05) is 13.1 Å². The predicted octanol–water partition coefficient (Wildman–Crippen LogP) is 0.313. The third-order valence-corrected chi connectivity index (χ3v) is 7.18. The minimum Gasteiger partial charge on any atom is -0.353 e. The highest BCUT2D eigenvalue weighted by Gasteiger charge is 2.45. The fraction of sp³-hybridized carbons (Fsp3) is 0.667. The van der Waals surface area contributed by atoms with Gasteiger partial charge in [0.25, 0.3) is 0 Å². The molecule has 114 valence electrons. The third-order valence-electron chi connectivity index (χ3n) is 4.44. The lowest BCUT2D eigenvalue weighted by molar-refractivity contribution is 0.456. The van der Waals surface area contributed by atoms with E-state index in [2.05, 4.69) is 20.6 Å². The Hall–Kier alpha value is -1.77. The summed E-state index contributed by atoms with van der Waals surface area (Å²) in [5, 5.41) is 15.5. The molecule has 0 radical (unpaired) electrons. The van der Waals surface area contributed by atoms with Crippen molar-refractivity contribution in [3.8, 4) is 0 Å². The highest BCUT2D eigenvalue weighted by Crippen LogP contribution is 2.33. The highest BCUT2D eigenvalue weighted by atomic mass is 32.2. The molecule has 0 N–H and O–H groups in total. The molecule has 2 aromatic rings. The zero-order valence-corrected chi connectivity index (χ0v) is 12.9. The van der Waals surface area contributed by atoms with Crippen LogP contribution in [0.5, 0.6) is 0 Å². The maximum Gasteiger partial charge on any atom is 0.200 e. The molecule has 3 rings (SSSR count). The van der Waals surface area contributed by atoms with Crippen LogP contribution in [-0.2, 0) is 9.84 Å². The lowest BCUT2D eigenvalue weighted by Crippen LogP contribution is -2.56. The second-order valence-corrected chi connectivity index (χ2v) is 7.85. The lowest BCUT2D eigenvalue weighted by atomic mass is 10.0. The van der Waals surface area contributed by atoms with Crippen molar-refractivity contribution in [3.05, 3.63) is 12.1 Å². The molecule has 8 nitrogen and oxygen atoms in total. The van der Waals surface area contributed by atoms with Gasteiger partial charge in [0.15, 0.2) is 21.3 Å². The van der Waals surface area contributed by atoms with Crippen LogP contribution >= 0.6 is 0 Å². The standard InChI is InChI=1S/C12H18N6O2S/c1-3-12(4-2)9-17(7-8-21(12,19)20)11-6-5-10-13-15-16-18(10)14-11/h5-6H,3-4,7-9H2,1-2H3. The smallest absolute Gasteiger partial charge is 0.200 e. The van der Waals surface area contributed by atoms with Gasteiger partial charge in [-0.25, -0.2) is 8.42 Å². The summed E-state index contributed by atoms with van der Waals surface area (Å²) < 4.78 is 25.5. The Morgan fingerprint density at radius 2 is 2.05 bits per heavy atom. The molecule has 2 aromatic heterocycles. The summed E-state index contributed by atoms with van der Waals surface area (Å²) in [4.78, 5) is 2.01. The van der Waals surface area contributed by atoms with E-state index in [-0.39, 0.29) is 5.75 Å². The van der Waals surface area contributed by atoms with Crippen LogP contribution in [0.4, 0.5) is 5.82 Å². The molecule has 1 fully saturated rings. The summed E-state index contributed by atoms with van der Waals surface area (Å²) >= 11 is 0. The van der Waals surface area contributed by atoms with Gasteiger partial charge in [0.05, 0.1) is 10.5 Å². The highest BCUT2D eigenvalue weighted by molar-refractivity contribution is 7.92. The van der Waals surface area contributed by atoms with E-state index in [0.29, 0.717) is 37.4 Å². The van der Waals surface area contributed by atoms with Gasteiger partial charge in [-0.2, -0.15) is 0 Å². The zero-order chi connectivity index (χ0) is 15.1. The fourth-order valence-electron chi connectivity index (χ4n) is 2.89. The molecule has 0 saturated carbocycles. The molecule has 0 atom stereocenters. The monoisotopic (exact) mass is 310 g/mol. The molecular weight excluding hydrogens is 292 g/mol. The number of nitrogens with zero attached hydrogens (tertiary/aromatic N) is 6. The van der Waals surface area contributed by atoms with Gasteiger partial charge < -0.3 is 4.90 Å². The SMILES string of the molecule is CCC1(CC)CN(c2ccc3nnnn3n2)CCS1(=O)=O. The molecule has 1 aliphatic heterocycles. The Morgan fingerprint density at radius 1 is 1.29 bits per heavy atom. The number of sulfone groups is 1. The van der Waals surface area contributed by atoms with E-state index in [1.165, 1.54) is 4.63 Å². The van der Waals surface area contributed by atoms with Gasteiger partial charge in [-0.05, 0) is 35.4 Å². The minimum atomic E-state index is -3.07. The molecule has 0 unspecified atom stereocenters. The molecule has 3 heterocycles. The summed E-state index contributed by atoms with van der Waals surface area (Å²) in [6, 6.07) is 3.62. The van der Waals surface area contributed by atoms with E-state index < -0.39 is 14.6 Å². The van der Waals surface area contributed by atoms with E-state index in [1.54, 1.807) is 6.07 Å². The first-order valence-corrected chi connectivity index (χ1v) is 8.69. The molecule has 0 aromatic carbocycles. The average molecular weight is 310 g/mol. The molecule has 0 bridgehead atoms. The van der Waals surface area contributed by atoms with Gasteiger partial charge >= 0.3 is 0 Å². The first kappa shape index (κ1) is 14.2. The maximum absolute atomic E-state index is 12.4. The van der Waals surface area contributed by atoms with E-state index in [0.717, 1.165) is 0 Å². The number of hydrogen-bond acceptors (Lipinski definition) is 7. The van der Waals surface area contributed by atoms with E-state index in [9.17, 15) is 8.42 Å². The first-order valence-electron chi connectivity index (χ1n) is 7.04. The number of tetrazole rings is 1. The fourth-order valence-corrected chi connectivity index (χ4v) is 5.02. The molecule has 0 aliphatic carbocycles. The first-order chi connectivity index (χ1) is 10.0. The van der Waals surface area contributed by atoms with Crippen molar-refractivity contribution in [1.82, 2.24) is 25.3 Å². The predicted molar refractivity (Wildman–Crippen MR) is 77.9 cm³/mol. The van der Waals surface area contributed by atoms with Crippen molar-refractivity contribution in [2.45, 2.75) is 31.4 Å². The molecule has 1 aliphatic rings. The second kappa shape index (κ2) is 4.90. The van der Waals surface area contributed by atoms with Crippen molar-refractivity contribution in [2.75, 3.05) is 23.7 Å². The van der Waals surface area contributed by atoms with E-state index in [4.69, 9.17) is 0 Å². The summed E-state index contributed by atoms with van der Waals surface area (Å²) in [5.41, 5.74) is 0.570. The normalized spacial score (nSPS) is 20.8. The zero-order valence-electron chi connectivity index (χ0n) is 12.1. The van der Waals surface area contributed by atoms with Gasteiger partial charge in [0.2, 0.25) is 0 Å². The van der Waals surface area contributed by atoms with Crippen molar-refractivity contribution in [1.29, 1.82) is 0 Å². The number of fused-ring (bicyclic) bond motifs is 1. The maximum atomic E-state index is 12.4. The molecule has 9 heteroatoms. The van der Waals surface area contributed by atoms with Crippen molar-refractivity contribution in [2.24, 2.45) is 0 Å². The summed E-state index contributed by atoms with van der Waals surface area (Å²) in [7, 11) is -3.07. The van der Waals surface area contributed by atoms with E-state index in [1.807, 2.05) is 24.8 Å². The number of aromatic nitrogens is 5. The van der Waals surface area contributed by atoms with Crippen molar-refractivity contribution < 1.29 is 8.42 Å². The summed E-state index contributed by atoms with van der Waals surface area (Å²) in [6.07, 6.45) is 1.21. The average Bonchev–Trinajstić information content (AvgIpc) is 2.95. The van der Waals surface area contributed by atoms with Crippen LogP contribution in [0.15, 0.2) is 12.1 Å². The third kappa shape index (κ3) is 2.15. The van der Waals surface area contributed by atoms with Crippen LogP contribution in [0.3, 0.4) is 0 Å². The van der Waals surface area contributed by atoms with Crippen LogP contribution in [0.25, 0.3) is 5.65 Å². The lowest BCUT2D eigenvalue weighted by Gasteiger charge is -2.41.